The third kappa shape index (κ3) is 3.45. The van der Waals surface area contributed by atoms with E-state index in [1.165, 1.54) is 20.2 Å². The number of nitrogens with one attached hydrogen (secondary N) is 1. The molecule has 1 rings (SSSR count). The first-order chi connectivity index (χ1) is 8.80. The first-order valence-corrected chi connectivity index (χ1v) is 7.25. The maximum Gasteiger partial charge on any atom is 0.326 e. The Morgan fingerprint density at radius 3 is 2.42 bits per heavy atom. The molecule has 1 aromatic rings. The average molecular weight is 286 g/mol. The van der Waals surface area contributed by atoms with Crippen LogP contribution < -0.4 is 5.32 Å². The van der Waals surface area contributed by atoms with Crippen LogP contribution in [0.5, 0.6) is 0 Å². The summed E-state index contributed by atoms with van der Waals surface area (Å²) >= 11 is 0. The zero-order valence-electron chi connectivity index (χ0n) is 11.1. The van der Waals surface area contributed by atoms with Gasteiger partial charge in [0.15, 0.2) is 0 Å². The van der Waals surface area contributed by atoms with Crippen LogP contribution in [-0.4, -0.2) is 43.9 Å². The first-order valence-electron chi connectivity index (χ1n) is 5.81. The van der Waals surface area contributed by atoms with Crippen molar-refractivity contribution in [3.63, 3.8) is 0 Å². The number of carbonyl (C=O) groups is 1. The van der Waals surface area contributed by atoms with Crippen molar-refractivity contribution in [3.05, 3.63) is 24.3 Å². The van der Waals surface area contributed by atoms with Crippen molar-refractivity contribution < 1.29 is 18.3 Å². The van der Waals surface area contributed by atoms with Gasteiger partial charge >= 0.3 is 5.97 Å². The molecule has 0 amide bonds. The fraction of sp³-hybridized carbons (Fsp3) is 0.417. The normalized spacial score (nSPS) is 13.3. The molecule has 0 aromatic heterocycles. The molecule has 1 unspecified atom stereocenters. The van der Waals surface area contributed by atoms with Gasteiger partial charge in [0.25, 0.3) is 0 Å². The van der Waals surface area contributed by atoms with Crippen LogP contribution in [0.2, 0.25) is 0 Å². The van der Waals surface area contributed by atoms with Gasteiger partial charge in [0, 0.05) is 14.1 Å². The smallest absolute Gasteiger partial charge is 0.326 e. The molecule has 6 nitrogen and oxygen atoms in total. The number of sulfonamides is 1. The molecular formula is C12H18N2O4S. The molecule has 0 bridgehead atoms. The number of carboxylic acids is 1. The summed E-state index contributed by atoms with van der Waals surface area (Å²) in [6, 6.07) is 5.45. The van der Waals surface area contributed by atoms with Gasteiger partial charge in [0.2, 0.25) is 10.0 Å². The topological polar surface area (TPSA) is 86.7 Å². The quantitative estimate of drug-likeness (QED) is 0.821. The standard InChI is InChI=1S/C12H18N2O4S/c1-4-9(12(15)16)13-10-7-5-6-8-11(10)19(17,18)14(2)3/h5-9,13H,4H2,1-3H3,(H,15,16). The fourth-order valence-corrected chi connectivity index (χ4v) is 2.58. The third-order valence-electron chi connectivity index (χ3n) is 2.68. The van der Waals surface area contributed by atoms with Crippen LogP contribution in [0.3, 0.4) is 0 Å². The summed E-state index contributed by atoms with van der Waals surface area (Å²) in [5.74, 6) is -1.01. The minimum absolute atomic E-state index is 0.0692. The highest BCUT2D eigenvalue weighted by molar-refractivity contribution is 7.89. The number of hydrogen-bond donors (Lipinski definition) is 2. The van der Waals surface area contributed by atoms with E-state index in [-0.39, 0.29) is 4.90 Å². The van der Waals surface area contributed by atoms with Crippen LogP contribution in [0.25, 0.3) is 0 Å². The zero-order chi connectivity index (χ0) is 14.6. The number of para-hydroxylation sites is 1. The minimum Gasteiger partial charge on any atom is -0.480 e. The summed E-state index contributed by atoms with van der Waals surface area (Å²) in [5, 5.41) is 11.8. The number of rotatable bonds is 6. The molecule has 1 atom stereocenters. The fourth-order valence-electron chi connectivity index (χ4n) is 1.53. The highest BCUT2D eigenvalue weighted by atomic mass is 32.2. The van der Waals surface area contributed by atoms with Crippen molar-refractivity contribution in [1.29, 1.82) is 0 Å². The largest absolute Gasteiger partial charge is 0.480 e. The van der Waals surface area contributed by atoms with E-state index < -0.39 is 22.0 Å². The van der Waals surface area contributed by atoms with E-state index in [0.717, 1.165) is 4.31 Å². The summed E-state index contributed by atoms with van der Waals surface area (Å²) in [4.78, 5) is 11.1. The SMILES string of the molecule is CCC(Nc1ccccc1S(=O)(=O)N(C)C)C(=O)O. The van der Waals surface area contributed by atoms with Gasteiger partial charge < -0.3 is 10.4 Å². The predicted molar refractivity (Wildman–Crippen MR) is 72.7 cm³/mol. The Kier molecular flexibility index (Phi) is 4.90. The number of aliphatic carboxylic acids is 1. The van der Waals surface area contributed by atoms with Gasteiger partial charge in [-0.1, -0.05) is 19.1 Å². The number of hydrogen-bond acceptors (Lipinski definition) is 4. The van der Waals surface area contributed by atoms with E-state index in [1.54, 1.807) is 25.1 Å². The lowest BCUT2D eigenvalue weighted by molar-refractivity contribution is -0.137. The molecule has 7 heteroatoms. The number of benzene rings is 1. The summed E-state index contributed by atoms with van der Waals surface area (Å²) in [6.45, 7) is 1.72. The van der Waals surface area contributed by atoms with E-state index in [0.29, 0.717) is 12.1 Å². The van der Waals surface area contributed by atoms with Crippen molar-refractivity contribution in [2.45, 2.75) is 24.3 Å². The Morgan fingerprint density at radius 2 is 1.95 bits per heavy atom. The number of carboxylic acid groups (broad SMARTS) is 1. The summed E-state index contributed by atoms with van der Waals surface area (Å²) < 4.78 is 25.4. The monoisotopic (exact) mass is 286 g/mol. The van der Waals surface area contributed by atoms with Crippen molar-refractivity contribution >= 4 is 21.7 Å². The Balaban J connectivity index is 3.21. The molecule has 0 fully saturated rings. The summed E-state index contributed by atoms with van der Waals surface area (Å²) in [7, 11) is -0.747. The van der Waals surface area contributed by atoms with Gasteiger partial charge in [0.05, 0.1) is 5.69 Å². The Labute approximate surface area is 113 Å². The molecule has 0 radical (unpaired) electrons. The molecule has 1 aromatic carbocycles. The maximum absolute atomic E-state index is 12.1. The van der Waals surface area contributed by atoms with E-state index in [1.807, 2.05) is 0 Å². The van der Waals surface area contributed by atoms with Gasteiger partial charge in [-0.15, -0.1) is 0 Å². The van der Waals surface area contributed by atoms with Crippen molar-refractivity contribution in [1.82, 2.24) is 4.31 Å². The van der Waals surface area contributed by atoms with E-state index in [4.69, 9.17) is 5.11 Å². The van der Waals surface area contributed by atoms with Crippen LogP contribution >= 0.6 is 0 Å². The zero-order valence-corrected chi connectivity index (χ0v) is 11.9. The molecule has 0 aliphatic rings. The Morgan fingerprint density at radius 1 is 1.37 bits per heavy atom. The van der Waals surface area contributed by atoms with E-state index >= 15 is 0 Å². The second-order valence-electron chi connectivity index (χ2n) is 4.23. The minimum atomic E-state index is -3.61. The second-order valence-corrected chi connectivity index (χ2v) is 6.35. The van der Waals surface area contributed by atoms with Crippen molar-refractivity contribution in [2.24, 2.45) is 0 Å². The molecule has 0 aliphatic carbocycles. The molecule has 0 saturated heterocycles. The van der Waals surface area contributed by atoms with Gasteiger partial charge in [0.1, 0.15) is 10.9 Å². The molecule has 19 heavy (non-hydrogen) atoms. The lowest BCUT2D eigenvalue weighted by Gasteiger charge is -2.19. The lowest BCUT2D eigenvalue weighted by atomic mass is 10.2. The lowest BCUT2D eigenvalue weighted by Crippen LogP contribution is -2.30. The van der Waals surface area contributed by atoms with E-state index in [2.05, 4.69) is 5.32 Å². The summed E-state index contributed by atoms with van der Waals surface area (Å²) in [6.07, 6.45) is 0.353. The maximum atomic E-state index is 12.1. The first kappa shape index (κ1) is 15.5. The highest BCUT2D eigenvalue weighted by Gasteiger charge is 2.23. The molecule has 106 valence electrons. The number of anilines is 1. The van der Waals surface area contributed by atoms with E-state index in [9.17, 15) is 13.2 Å². The van der Waals surface area contributed by atoms with Crippen LogP contribution in [0, 0.1) is 0 Å². The van der Waals surface area contributed by atoms with Crippen molar-refractivity contribution in [3.8, 4) is 0 Å². The second kappa shape index (κ2) is 6.03. The van der Waals surface area contributed by atoms with Crippen LogP contribution in [0.1, 0.15) is 13.3 Å². The number of nitrogens with zero attached hydrogens (tertiary/aromatic N) is 1. The molecule has 0 aliphatic heterocycles. The van der Waals surface area contributed by atoms with Crippen LogP contribution in [-0.2, 0) is 14.8 Å². The molecular weight excluding hydrogens is 268 g/mol. The van der Waals surface area contributed by atoms with Crippen molar-refractivity contribution in [2.75, 3.05) is 19.4 Å². The van der Waals surface area contributed by atoms with Gasteiger partial charge in [-0.05, 0) is 18.6 Å². The summed E-state index contributed by atoms with van der Waals surface area (Å²) in [5.41, 5.74) is 0.297. The van der Waals surface area contributed by atoms with Crippen LogP contribution in [0.15, 0.2) is 29.2 Å². The highest BCUT2D eigenvalue weighted by Crippen LogP contribution is 2.24. The van der Waals surface area contributed by atoms with Gasteiger partial charge in [-0.25, -0.2) is 17.5 Å². The van der Waals surface area contributed by atoms with Gasteiger partial charge in [-0.2, -0.15) is 0 Å². The Hall–Kier alpha value is -1.60. The molecule has 0 saturated carbocycles. The Bertz CT molecular complexity index is 555. The molecule has 0 spiro atoms. The van der Waals surface area contributed by atoms with Crippen LogP contribution in [0.4, 0.5) is 5.69 Å². The third-order valence-corrected chi connectivity index (χ3v) is 4.56. The predicted octanol–water partition coefficient (Wildman–Crippen LogP) is 1.21. The molecule has 0 heterocycles. The molecule has 2 N–H and O–H groups in total. The average Bonchev–Trinajstić information content (AvgIpc) is 2.35. The van der Waals surface area contributed by atoms with Gasteiger partial charge in [-0.3, -0.25) is 0 Å².